The monoisotopic (exact) mass is 304 g/mol. The van der Waals surface area contributed by atoms with Crippen molar-refractivity contribution in [1.29, 1.82) is 0 Å². The number of halogens is 1. The normalized spacial score (nSPS) is 10.2. The van der Waals surface area contributed by atoms with Gasteiger partial charge in [-0.15, -0.1) is 0 Å². The van der Waals surface area contributed by atoms with E-state index in [9.17, 15) is 4.79 Å². The Kier molecular flexibility index (Phi) is 4.70. The first kappa shape index (κ1) is 15.2. The van der Waals surface area contributed by atoms with Crippen LogP contribution in [-0.4, -0.2) is 20.1 Å². The summed E-state index contributed by atoms with van der Waals surface area (Å²) in [5.74, 6) is -0.401. The third-order valence-corrected chi connectivity index (χ3v) is 3.28. The number of nitrogen functional groups attached to an aromatic ring is 1. The van der Waals surface area contributed by atoms with E-state index < -0.39 is 5.97 Å². The lowest BCUT2D eigenvalue weighted by atomic mass is 10.1. The summed E-state index contributed by atoms with van der Waals surface area (Å²) in [6.07, 6.45) is 0. The highest BCUT2D eigenvalue weighted by Crippen LogP contribution is 2.23. The smallest absolute Gasteiger partial charge is 0.338 e. The second-order valence-electron chi connectivity index (χ2n) is 4.87. The zero-order chi connectivity index (χ0) is 15.4. The molecule has 0 aliphatic heterocycles. The summed E-state index contributed by atoms with van der Waals surface area (Å²) in [5.41, 5.74) is 8.64. The van der Waals surface area contributed by atoms with Crippen LogP contribution in [0.1, 0.15) is 15.9 Å². The number of carbonyl (C=O) groups is 1. The second-order valence-corrected chi connectivity index (χ2v) is 5.31. The lowest BCUT2D eigenvalue weighted by molar-refractivity contribution is 0.0473. The highest BCUT2D eigenvalue weighted by atomic mass is 35.5. The van der Waals surface area contributed by atoms with Crippen molar-refractivity contribution in [3.63, 3.8) is 0 Å². The van der Waals surface area contributed by atoms with Crippen LogP contribution in [-0.2, 0) is 11.3 Å². The number of nitrogens with zero attached hydrogens (tertiary/aromatic N) is 1. The van der Waals surface area contributed by atoms with Gasteiger partial charge in [0.1, 0.15) is 6.61 Å². The van der Waals surface area contributed by atoms with Crippen LogP contribution in [0.3, 0.4) is 0 Å². The van der Waals surface area contributed by atoms with Gasteiger partial charge in [-0.25, -0.2) is 4.79 Å². The quantitative estimate of drug-likeness (QED) is 0.695. The first-order valence-corrected chi connectivity index (χ1v) is 6.83. The number of anilines is 2. The van der Waals surface area contributed by atoms with E-state index >= 15 is 0 Å². The SMILES string of the molecule is CN(C)c1ccc(C(=O)OCc2ccc(Cl)cc2)cc1N. The van der Waals surface area contributed by atoms with Crippen molar-refractivity contribution in [3.05, 3.63) is 58.6 Å². The van der Waals surface area contributed by atoms with Crippen molar-refractivity contribution in [3.8, 4) is 0 Å². The van der Waals surface area contributed by atoms with Gasteiger partial charge in [0.2, 0.25) is 0 Å². The van der Waals surface area contributed by atoms with Gasteiger partial charge in [0, 0.05) is 19.1 Å². The standard InChI is InChI=1S/C16H17ClN2O2/c1-19(2)15-8-5-12(9-14(15)18)16(20)21-10-11-3-6-13(17)7-4-11/h3-9H,10,18H2,1-2H3. The van der Waals surface area contributed by atoms with Crippen molar-refractivity contribution in [2.24, 2.45) is 0 Å². The highest BCUT2D eigenvalue weighted by molar-refractivity contribution is 6.30. The van der Waals surface area contributed by atoms with Gasteiger partial charge < -0.3 is 15.4 Å². The molecule has 5 heteroatoms. The van der Waals surface area contributed by atoms with E-state index in [1.165, 1.54) is 0 Å². The Morgan fingerprint density at radius 2 is 1.86 bits per heavy atom. The Labute approximate surface area is 129 Å². The van der Waals surface area contributed by atoms with Gasteiger partial charge in [0.15, 0.2) is 0 Å². The molecule has 0 saturated carbocycles. The van der Waals surface area contributed by atoms with E-state index in [1.54, 1.807) is 30.3 Å². The van der Waals surface area contributed by atoms with Crippen molar-refractivity contribution in [2.45, 2.75) is 6.61 Å². The second kappa shape index (κ2) is 6.50. The van der Waals surface area contributed by atoms with Crippen molar-refractivity contribution >= 4 is 28.9 Å². The van der Waals surface area contributed by atoms with Gasteiger partial charge in [-0.05, 0) is 35.9 Å². The molecular weight excluding hydrogens is 288 g/mol. The van der Waals surface area contributed by atoms with Crippen LogP contribution in [0.4, 0.5) is 11.4 Å². The largest absolute Gasteiger partial charge is 0.457 e. The van der Waals surface area contributed by atoms with E-state index in [0.717, 1.165) is 11.3 Å². The lowest BCUT2D eigenvalue weighted by Gasteiger charge is -2.15. The molecule has 0 amide bonds. The molecule has 110 valence electrons. The van der Waals surface area contributed by atoms with Gasteiger partial charge in [-0.3, -0.25) is 0 Å². The molecule has 0 aliphatic rings. The first-order valence-electron chi connectivity index (χ1n) is 6.46. The molecular formula is C16H17ClN2O2. The van der Waals surface area contributed by atoms with E-state index in [4.69, 9.17) is 22.1 Å². The minimum absolute atomic E-state index is 0.200. The Hall–Kier alpha value is -2.20. The van der Waals surface area contributed by atoms with Gasteiger partial charge >= 0.3 is 5.97 Å². The molecule has 0 aromatic heterocycles. The van der Waals surface area contributed by atoms with E-state index in [0.29, 0.717) is 16.3 Å². The van der Waals surface area contributed by atoms with Gasteiger partial charge in [-0.2, -0.15) is 0 Å². The lowest BCUT2D eigenvalue weighted by Crippen LogP contribution is -2.12. The first-order chi connectivity index (χ1) is 9.97. The summed E-state index contributed by atoms with van der Waals surface area (Å²) in [7, 11) is 3.79. The molecule has 0 heterocycles. The number of hydrogen-bond donors (Lipinski definition) is 1. The van der Waals surface area contributed by atoms with Gasteiger partial charge in [0.05, 0.1) is 16.9 Å². The third-order valence-electron chi connectivity index (χ3n) is 3.03. The molecule has 4 nitrogen and oxygen atoms in total. The molecule has 0 unspecified atom stereocenters. The zero-order valence-electron chi connectivity index (χ0n) is 12.0. The molecule has 2 aromatic carbocycles. The maximum atomic E-state index is 12.0. The fourth-order valence-electron chi connectivity index (χ4n) is 1.90. The Morgan fingerprint density at radius 1 is 1.19 bits per heavy atom. The molecule has 0 spiro atoms. The van der Waals surface area contributed by atoms with Crippen molar-refractivity contribution < 1.29 is 9.53 Å². The molecule has 0 atom stereocenters. The molecule has 2 aromatic rings. The maximum Gasteiger partial charge on any atom is 0.338 e. The number of rotatable bonds is 4. The molecule has 0 saturated heterocycles. The number of carbonyl (C=O) groups excluding carboxylic acids is 1. The van der Waals surface area contributed by atoms with E-state index in [2.05, 4.69) is 0 Å². The number of esters is 1. The Balaban J connectivity index is 2.03. The third kappa shape index (κ3) is 3.89. The average molecular weight is 305 g/mol. The number of nitrogens with two attached hydrogens (primary N) is 1. The van der Waals surface area contributed by atoms with Gasteiger partial charge in [-0.1, -0.05) is 23.7 Å². The number of hydrogen-bond acceptors (Lipinski definition) is 4. The van der Waals surface area contributed by atoms with Crippen LogP contribution < -0.4 is 10.6 Å². The molecule has 0 aliphatic carbocycles. The Morgan fingerprint density at radius 3 is 2.43 bits per heavy atom. The van der Waals surface area contributed by atoms with E-state index in [-0.39, 0.29) is 6.61 Å². The van der Waals surface area contributed by atoms with Crippen LogP contribution in [0.5, 0.6) is 0 Å². The van der Waals surface area contributed by atoms with Crippen LogP contribution in [0, 0.1) is 0 Å². The van der Waals surface area contributed by atoms with E-state index in [1.807, 2.05) is 31.1 Å². The van der Waals surface area contributed by atoms with Crippen LogP contribution in [0.25, 0.3) is 0 Å². The predicted octanol–water partition coefficient (Wildman–Crippen LogP) is 3.35. The number of ether oxygens (including phenoxy) is 1. The van der Waals surface area contributed by atoms with Crippen LogP contribution in [0.2, 0.25) is 5.02 Å². The fraction of sp³-hybridized carbons (Fsp3) is 0.188. The van der Waals surface area contributed by atoms with Crippen molar-refractivity contribution in [1.82, 2.24) is 0 Å². The summed E-state index contributed by atoms with van der Waals surface area (Å²) in [4.78, 5) is 13.9. The molecule has 0 fully saturated rings. The summed E-state index contributed by atoms with van der Waals surface area (Å²) >= 11 is 5.80. The summed E-state index contributed by atoms with van der Waals surface area (Å²) in [6.45, 7) is 0.200. The zero-order valence-corrected chi connectivity index (χ0v) is 12.7. The van der Waals surface area contributed by atoms with Crippen LogP contribution >= 0.6 is 11.6 Å². The summed E-state index contributed by atoms with van der Waals surface area (Å²) in [6, 6.07) is 12.3. The molecule has 21 heavy (non-hydrogen) atoms. The summed E-state index contributed by atoms with van der Waals surface area (Å²) in [5, 5.41) is 0.650. The minimum atomic E-state index is -0.401. The fourth-order valence-corrected chi connectivity index (χ4v) is 2.03. The molecule has 2 rings (SSSR count). The molecule has 0 bridgehead atoms. The average Bonchev–Trinajstić information content (AvgIpc) is 2.45. The molecule has 0 radical (unpaired) electrons. The highest BCUT2D eigenvalue weighted by Gasteiger charge is 2.10. The summed E-state index contributed by atoms with van der Waals surface area (Å²) < 4.78 is 5.26. The topological polar surface area (TPSA) is 55.6 Å². The Bertz CT molecular complexity index is 639. The van der Waals surface area contributed by atoms with Crippen molar-refractivity contribution in [2.75, 3.05) is 24.7 Å². The maximum absolute atomic E-state index is 12.0. The number of benzene rings is 2. The molecule has 2 N–H and O–H groups in total. The van der Waals surface area contributed by atoms with Crippen LogP contribution in [0.15, 0.2) is 42.5 Å². The minimum Gasteiger partial charge on any atom is -0.457 e. The van der Waals surface area contributed by atoms with Gasteiger partial charge in [0.25, 0.3) is 0 Å². The predicted molar refractivity (Wildman–Crippen MR) is 85.8 cm³/mol.